The Morgan fingerprint density at radius 3 is 2.94 bits per heavy atom. The molecule has 0 N–H and O–H groups in total. The van der Waals surface area contributed by atoms with Gasteiger partial charge in [-0.15, -0.1) is 5.10 Å². The van der Waals surface area contributed by atoms with Crippen LogP contribution < -0.4 is 5.76 Å². The van der Waals surface area contributed by atoms with Crippen molar-refractivity contribution in [3.05, 3.63) is 28.9 Å². The molecule has 0 saturated carbocycles. The second-order valence-corrected chi connectivity index (χ2v) is 3.85. The highest BCUT2D eigenvalue weighted by atomic mass is 16.5. The molecule has 7 heteroatoms. The van der Waals surface area contributed by atoms with Crippen molar-refractivity contribution in [2.75, 3.05) is 0 Å². The molecule has 0 aliphatic carbocycles. The maximum Gasteiger partial charge on any atom is 0.438 e. The predicted molar refractivity (Wildman–Crippen MR) is 59.7 cm³/mol. The minimum atomic E-state index is -0.734. The summed E-state index contributed by atoms with van der Waals surface area (Å²) in [5, 5.41) is 3.84. The average molecular weight is 252 g/mol. The Hall–Kier alpha value is -2.31. The SMILES string of the molecule is CC(C)OC(=O)Cn1nc(-c2ccco2)oc1=O. The number of nitrogens with zero attached hydrogens (tertiary/aromatic N) is 2. The minimum Gasteiger partial charge on any atom is -0.462 e. The molecule has 7 nitrogen and oxygen atoms in total. The third-order valence-electron chi connectivity index (χ3n) is 1.98. The van der Waals surface area contributed by atoms with Crippen LogP contribution >= 0.6 is 0 Å². The molecule has 0 unspecified atom stereocenters. The molecule has 2 aromatic rings. The van der Waals surface area contributed by atoms with E-state index in [4.69, 9.17) is 13.6 Å². The van der Waals surface area contributed by atoms with Crippen molar-refractivity contribution >= 4 is 5.97 Å². The molecule has 0 fully saturated rings. The molecule has 0 spiro atoms. The van der Waals surface area contributed by atoms with E-state index >= 15 is 0 Å². The fourth-order valence-electron chi connectivity index (χ4n) is 1.33. The van der Waals surface area contributed by atoms with E-state index in [0.717, 1.165) is 4.68 Å². The number of ether oxygens (including phenoxy) is 1. The van der Waals surface area contributed by atoms with E-state index in [1.165, 1.54) is 6.26 Å². The van der Waals surface area contributed by atoms with Crippen LogP contribution in [-0.2, 0) is 16.1 Å². The fourth-order valence-corrected chi connectivity index (χ4v) is 1.33. The first kappa shape index (κ1) is 12.2. The third kappa shape index (κ3) is 2.68. The van der Waals surface area contributed by atoms with Gasteiger partial charge in [0.1, 0.15) is 6.54 Å². The maximum atomic E-state index is 11.4. The van der Waals surface area contributed by atoms with Crippen LogP contribution in [-0.4, -0.2) is 21.9 Å². The van der Waals surface area contributed by atoms with Gasteiger partial charge in [0.15, 0.2) is 5.76 Å². The predicted octanol–water partition coefficient (Wildman–Crippen LogP) is 1.05. The van der Waals surface area contributed by atoms with Gasteiger partial charge in [0.05, 0.1) is 12.4 Å². The lowest BCUT2D eigenvalue weighted by atomic mass is 10.5. The lowest BCUT2D eigenvalue weighted by Gasteiger charge is -2.06. The number of furan rings is 1. The van der Waals surface area contributed by atoms with Gasteiger partial charge in [-0.25, -0.2) is 4.79 Å². The van der Waals surface area contributed by atoms with Gasteiger partial charge in [0.2, 0.25) is 0 Å². The van der Waals surface area contributed by atoms with Crippen LogP contribution in [0.25, 0.3) is 11.7 Å². The molecule has 0 atom stereocenters. The Bertz CT molecular complexity index is 579. The Morgan fingerprint density at radius 2 is 2.33 bits per heavy atom. The number of rotatable bonds is 4. The first-order valence-electron chi connectivity index (χ1n) is 5.37. The van der Waals surface area contributed by atoms with E-state index in [2.05, 4.69) is 5.10 Å². The molecule has 0 aliphatic rings. The summed E-state index contributed by atoms with van der Waals surface area (Å²) in [7, 11) is 0. The van der Waals surface area contributed by atoms with E-state index in [0.29, 0.717) is 5.76 Å². The molecular weight excluding hydrogens is 240 g/mol. The quantitative estimate of drug-likeness (QED) is 0.756. The van der Waals surface area contributed by atoms with Crippen molar-refractivity contribution in [1.29, 1.82) is 0 Å². The number of hydrogen-bond donors (Lipinski definition) is 0. The van der Waals surface area contributed by atoms with E-state index in [1.54, 1.807) is 26.0 Å². The van der Waals surface area contributed by atoms with Crippen LogP contribution in [0.3, 0.4) is 0 Å². The molecule has 0 aromatic carbocycles. The smallest absolute Gasteiger partial charge is 0.438 e. The highest BCUT2D eigenvalue weighted by molar-refractivity contribution is 5.69. The van der Waals surface area contributed by atoms with E-state index in [9.17, 15) is 9.59 Å². The van der Waals surface area contributed by atoms with Gasteiger partial charge in [-0.05, 0) is 26.0 Å². The van der Waals surface area contributed by atoms with Gasteiger partial charge in [0, 0.05) is 0 Å². The second-order valence-electron chi connectivity index (χ2n) is 3.85. The van der Waals surface area contributed by atoms with Crippen molar-refractivity contribution in [3.8, 4) is 11.7 Å². The van der Waals surface area contributed by atoms with Crippen LogP contribution in [0.5, 0.6) is 0 Å². The topological polar surface area (TPSA) is 87.5 Å². The van der Waals surface area contributed by atoms with Gasteiger partial charge < -0.3 is 13.6 Å². The van der Waals surface area contributed by atoms with Gasteiger partial charge in [-0.1, -0.05) is 0 Å². The van der Waals surface area contributed by atoms with Gasteiger partial charge >= 0.3 is 11.7 Å². The largest absolute Gasteiger partial charge is 0.462 e. The Labute approximate surface area is 102 Å². The van der Waals surface area contributed by atoms with Crippen molar-refractivity contribution in [1.82, 2.24) is 9.78 Å². The third-order valence-corrected chi connectivity index (χ3v) is 1.98. The Morgan fingerprint density at radius 1 is 1.56 bits per heavy atom. The average Bonchev–Trinajstić information content (AvgIpc) is 2.87. The highest BCUT2D eigenvalue weighted by Crippen LogP contribution is 2.14. The van der Waals surface area contributed by atoms with E-state index in [-0.39, 0.29) is 18.5 Å². The number of hydrogen-bond acceptors (Lipinski definition) is 6. The van der Waals surface area contributed by atoms with Crippen molar-refractivity contribution in [2.24, 2.45) is 0 Å². The summed E-state index contributed by atoms with van der Waals surface area (Å²) in [5.74, 6) is -0.932. The number of carbonyl (C=O) groups is 1. The second kappa shape index (κ2) is 4.91. The molecule has 96 valence electrons. The summed E-state index contributed by atoms with van der Waals surface area (Å²) >= 11 is 0. The summed E-state index contributed by atoms with van der Waals surface area (Å²) in [4.78, 5) is 22.8. The first-order valence-corrected chi connectivity index (χ1v) is 5.37. The number of carbonyl (C=O) groups excluding carboxylic acids is 1. The van der Waals surface area contributed by atoms with Gasteiger partial charge in [-0.2, -0.15) is 4.68 Å². The van der Waals surface area contributed by atoms with Crippen LogP contribution in [0.1, 0.15) is 13.8 Å². The van der Waals surface area contributed by atoms with Crippen molar-refractivity contribution in [2.45, 2.75) is 26.5 Å². The summed E-state index contributed by atoms with van der Waals surface area (Å²) in [6.45, 7) is 3.15. The molecule has 0 bridgehead atoms. The van der Waals surface area contributed by atoms with E-state index in [1.807, 2.05) is 0 Å². The summed E-state index contributed by atoms with van der Waals surface area (Å²) in [6.07, 6.45) is 1.19. The molecule has 2 aromatic heterocycles. The fraction of sp³-hybridized carbons (Fsp3) is 0.364. The highest BCUT2D eigenvalue weighted by Gasteiger charge is 2.15. The lowest BCUT2D eigenvalue weighted by Crippen LogP contribution is -2.24. The normalized spacial score (nSPS) is 10.8. The van der Waals surface area contributed by atoms with Gasteiger partial charge in [-0.3, -0.25) is 4.79 Å². The zero-order valence-corrected chi connectivity index (χ0v) is 9.95. The Kier molecular flexibility index (Phi) is 3.31. The molecular formula is C11H12N2O5. The molecule has 0 saturated heterocycles. The first-order chi connectivity index (χ1) is 8.56. The monoisotopic (exact) mass is 252 g/mol. The molecule has 0 amide bonds. The van der Waals surface area contributed by atoms with Crippen LogP contribution in [0.15, 0.2) is 32.0 Å². The molecule has 0 aliphatic heterocycles. The van der Waals surface area contributed by atoms with Crippen molar-refractivity contribution < 1.29 is 18.4 Å². The molecule has 0 radical (unpaired) electrons. The molecule has 18 heavy (non-hydrogen) atoms. The number of aromatic nitrogens is 2. The van der Waals surface area contributed by atoms with Crippen LogP contribution in [0, 0.1) is 0 Å². The van der Waals surface area contributed by atoms with E-state index < -0.39 is 11.7 Å². The summed E-state index contributed by atoms with van der Waals surface area (Å²) in [5.41, 5.74) is 0. The molecule has 2 heterocycles. The maximum absolute atomic E-state index is 11.4. The zero-order valence-electron chi connectivity index (χ0n) is 9.95. The minimum absolute atomic E-state index is 0.0300. The lowest BCUT2D eigenvalue weighted by molar-refractivity contribution is -0.148. The standard InChI is InChI=1S/C11H12N2O5/c1-7(2)17-9(14)6-13-11(15)18-10(12-13)8-4-3-5-16-8/h3-5,7H,6H2,1-2H3. The zero-order chi connectivity index (χ0) is 13.1. The van der Waals surface area contributed by atoms with Gasteiger partial charge in [0.25, 0.3) is 5.89 Å². The summed E-state index contributed by atoms with van der Waals surface area (Å²) in [6, 6.07) is 3.24. The Balaban J connectivity index is 2.15. The summed E-state index contributed by atoms with van der Waals surface area (Å²) < 4.78 is 15.7. The number of esters is 1. The van der Waals surface area contributed by atoms with Crippen molar-refractivity contribution in [3.63, 3.8) is 0 Å². The molecule has 2 rings (SSSR count). The van der Waals surface area contributed by atoms with Crippen LogP contribution in [0.2, 0.25) is 0 Å². The van der Waals surface area contributed by atoms with Crippen LogP contribution in [0.4, 0.5) is 0 Å².